The first-order chi connectivity index (χ1) is 9.33. The molecular weight excluding hydrogens is 232 g/mol. The van der Waals surface area contributed by atoms with Crippen LogP contribution in [0.15, 0.2) is 24.3 Å². The SMILES string of the molecule is CN1CCCC(c2ccc(C3CCNCC3)cc2)C1. The van der Waals surface area contributed by atoms with E-state index < -0.39 is 0 Å². The lowest BCUT2D eigenvalue weighted by atomic mass is 9.86. The number of nitrogens with zero attached hydrogens (tertiary/aromatic N) is 1. The summed E-state index contributed by atoms with van der Waals surface area (Å²) in [6.07, 6.45) is 5.30. The number of likely N-dealkylation sites (N-methyl/N-ethyl adjacent to an activating group) is 1. The van der Waals surface area contributed by atoms with Gasteiger partial charge in [0.25, 0.3) is 0 Å². The Morgan fingerprint density at radius 1 is 0.947 bits per heavy atom. The third-order valence-electron chi connectivity index (χ3n) is 4.84. The largest absolute Gasteiger partial charge is 0.317 e. The summed E-state index contributed by atoms with van der Waals surface area (Å²) in [5.74, 6) is 1.53. The maximum atomic E-state index is 3.45. The number of nitrogens with one attached hydrogen (secondary N) is 1. The van der Waals surface area contributed by atoms with Gasteiger partial charge in [-0.1, -0.05) is 24.3 Å². The van der Waals surface area contributed by atoms with Gasteiger partial charge in [-0.15, -0.1) is 0 Å². The smallest absolute Gasteiger partial charge is 0.00472 e. The van der Waals surface area contributed by atoms with Crippen LogP contribution < -0.4 is 5.32 Å². The molecule has 0 radical (unpaired) electrons. The molecule has 2 heterocycles. The van der Waals surface area contributed by atoms with E-state index in [9.17, 15) is 0 Å². The van der Waals surface area contributed by atoms with Crippen molar-refractivity contribution in [3.05, 3.63) is 35.4 Å². The molecule has 2 saturated heterocycles. The van der Waals surface area contributed by atoms with Gasteiger partial charge in [0, 0.05) is 6.54 Å². The zero-order valence-electron chi connectivity index (χ0n) is 12.1. The molecule has 2 heteroatoms. The van der Waals surface area contributed by atoms with Crippen molar-refractivity contribution in [2.75, 3.05) is 33.2 Å². The number of likely N-dealkylation sites (tertiary alicyclic amines) is 1. The number of piperidine rings is 2. The number of rotatable bonds is 2. The Bertz CT molecular complexity index is 392. The standard InChI is InChI=1S/C17H26N2/c1-19-12-2-3-17(13-19)15-6-4-14(5-7-15)16-8-10-18-11-9-16/h4-7,16-18H,2-3,8-13H2,1H3. The van der Waals surface area contributed by atoms with E-state index in [2.05, 4.69) is 41.5 Å². The van der Waals surface area contributed by atoms with E-state index in [4.69, 9.17) is 0 Å². The van der Waals surface area contributed by atoms with Gasteiger partial charge in [0.2, 0.25) is 0 Å². The van der Waals surface area contributed by atoms with E-state index in [1.54, 1.807) is 11.1 Å². The van der Waals surface area contributed by atoms with Gasteiger partial charge in [0.1, 0.15) is 0 Å². The van der Waals surface area contributed by atoms with Crippen molar-refractivity contribution in [3.63, 3.8) is 0 Å². The minimum Gasteiger partial charge on any atom is -0.317 e. The molecule has 0 spiro atoms. The zero-order valence-corrected chi connectivity index (χ0v) is 12.1. The average molecular weight is 258 g/mol. The van der Waals surface area contributed by atoms with Gasteiger partial charge >= 0.3 is 0 Å². The van der Waals surface area contributed by atoms with Crippen LogP contribution in [-0.4, -0.2) is 38.1 Å². The van der Waals surface area contributed by atoms with Crippen molar-refractivity contribution < 1.29 is 0 Å². The third kappa shape index (κ3) is 3.18. The Balaban J connectivity index is 1.67. The van der Waals surface area contributed by atoms with Gasteiger partial charge in [-0.2, -0.15) is 0 Å². The molecule has 0 amide bonds. The monoisotopic (exact) mass is 258 g/mol. The summed E-state index contributed by atoms with van der Waals surface area (Å²) >= 11 is 0. The summed E-state index contributed by atoms with van der Waals surface area (Å²) in [4.78, 5) is 2.47. The quantitative estimate of drug-likeness (QED) is 0.877. The molecule has 0 aromatic heterocycles. The minimum absolute atomic E-state index is 0.751. The molecular formula is C17H26N2. The molecule has 2 fully saturated rings. The fourth-order valence-electron chi connectivity index (χ4n) is 3.63. The minimum atomic E-state index is 0.751. The highest BCUT2D eigenvalue weighted by Gasteiger charge is 2.20. The van der Waals surface area contributed by atoms with Crippen molar-refractivity contribution in [1.29, 1.82) is 0 Å². The van der Waals surface area contributed by atoms with E-state index in [1.807, 2.05) is 0 Å². The first-order valence-corrected chi connectivity index (χ1v) is 7.82. The second-order valence-electron chi connectivity index (χ2n) is 6.29. The highest BCUT2D eigenvalue weighted by Crippen LogP contribution is 2.29. The van der Waals surface area contributed by atoms with Crippen LogP contribution in [-0.2, 0) is 0 Å². The maximum Gasteiger partial charge on any atom is 0.00472 e. The number of hydrogen-bond acceptors (Lipinski definition) is 2. The van der Waals surface area contributed by atoms with E-state index in [0.29, 0.717) is 0 Å². The van der Waals surface area contributed by atoms with E-state index in [-0.39, 0.29) is 0 Å². The van der Waals surface area contributed by atoms with Crippen LogP contribution in [0.5, 0.6) is 0 Å². The summed E-state index contributed by atoms with van der Waals surface area (Å²) in [5, 5.41) is 3.45. The molecule has 104 valence electrons. The van der Waals surface area contributed by atoms with Gasteiger partial charge in [-0.05, 0) is 75.3 Å². The first kappa shape index (κ1) is 13.1. The molecule has 3 rings (SSSR count). The zero-order chi connectivity index (χ0) is 13.1. The molecule has 2 aliphatic rings. The van der Waals surface area contributed by atoms with Crippen LogP contribution in [0, 0.1) is 0 Å². The molecule has 0 saturated carbocycles. The highest BCUT2D eigenvalue weighted by atomic mass is 15.1. The average Bonchev–Trinajstić information content (AvgIpc) is 2.48. The summed E-state index contributed by atoms with van der Waals surface area (Å²) < 4.78 is 0. The molecule has 2 nitrogen and oxygen atoms in total. The summed E-state index contributed by atoms with van der Waals surface area (Å²) in [6, 6.07) is 9.56. The Labute approximate surface area is 117 Å². The van der Waals surface area contributed by atoms with Crippen LogP contribution >= 0.6 is 0 Å². The van der Waals surface area contributed by atoms with E-state index in [1.165, 1.54) is 51.9 Å². The third-order valence-corrected chi connectivity index (χ3v) is 4.84. The maximum absolute atomic E-state index is 3.45. The van der Waals surface area contributed by atoms with E-state index >= 15 is 0 Å². The molecule has 1 N–H and O–H groups in total. The molecule has 1 aromatic carbocycles. The number of hydrogen-bond donors (Lipinski definition) is 1. The van der Waals surface area contributed by atoms with Crippen LogP contribution in [0.2, 0.25) is 0 Å². The van der Waals surface area contributed by atoms with Crippen molar-refractivity contribution >= 4 is 0 Å². The van der Waals surface area contributed by atoms with Crippen molar-refractivity contribution in [1.82, 2.24) is 10.2 Å². The van der Waals surface area contributed by atoms with Gasteiger partial charge in [0.15, 0.2) is 0 Å². The fraction of sp³-hybridized carbons (Fsp3) is 0.647. The van der Waals surface area contributed by atoms with Crippen LogP contribution in [0.1, 0.15) is 48.6 Å². The lowest BCUT2D eigenvalue weighted by Crippen LogP contribution is -2.30. The molecule has 1 atom stereocenters. The van der Waals surface area contributed by atoms with Gasteiger partial charge in [0.05, 0.1) is 0 Å². The molecule has 0 bridgehead atoms. The van der Waals surface area contributed by atoms with Crippen LogP contribution in [0.4, 0.5) is 0 Å². The molecule has 0 aliphatic carbocycles. The van der Waals surface area contributed by atoms with Crippen molar-refractivity contribution in [2.24, 2.45) is 0 Å². The van der Waals surface area contributed by atoms with Crippen LogP contribution in [0.3, 0.4) is 0 Å². The Morgan fingerprint density at radius 3 is 2.21 bits per heavy atom. The normalized spacial score (nSPS) is 26.5. The number of benzene rings is 1. The molecule has 1 aromatic rings. The second kappa shape index (κ2) is 6.06. The molecule has 19 heavy (non-hydrogen) atoms. The lowest BCUT2D eigenvalue weighted by Gasteiger charge is -2.30. The van der Waals surface area contributed by atoms with Crippen LogP contribution in [0.25, 0.3) is 0 Å². The van der Waals surface area contributed by atoms with Crippen molar-refractivity contribution in [3.8, 4) is 0 Å². The highest BCUT2D eigenvalue weighted by molar-refractivity contribution is 5.28. The summed E-state index contributed by atoms with van der Waals surface area (Å²) in [6.45, 7) is 4.86. The Hall–Kier alpha value is -0.860. The Morgan fingerprint density at radius 2 is 1.58 bits per heavy atom. The Kier molecular flexibility index (Phi) is 4.19. The molecule has 1 unspecified atom stereocenters. The molecule has 2 aliphatic heterocycles. The van der Waals surface area contributed by atoms with Gasteiger partial charge in [-0.3, -0.25) is 0 Å². The summed E-state index contributed by atoms with van der Waals surface area (Å²) in [5.41, 5.74) is 3.10. The lowest BCUT2D eigenvalue weighted by molar-refractivity contribution is 0.251. The predicted molar refractivity (Wildman–Crippen MR) is 80.8 cm³/mol. The topological polar surface area (TPSA) is 15.3 Å². The van der Waals surface area contributed by atoms with E-state index in [0.717, 1.165) is 11.8 Å². The predicted octanol–water partition coefficient (Wildman–Crippen LogP) is 2.96. The first-order valence-electron chi connectivity index (χ1n) is 7.82. The van der Waals surface area contributed by atoms with Crippen molar-refractivity contribution in [2.45, 2.75) is 37.5 Å². The van der Waals surface area contributed by atoms with Gasteiger partial charge < -0.3 is 10.2 Å². The second-order valence-corrected chi connectivity index (χ2v) is 6.29. The summed E-state index contributed by atoms with van der Waals surface area (Å²) in [7, 11) is 2.25. The fourth-order valence-corrected chi connectivity index (χ4v) is 3.63. The van der Waals surface area contributed by atoms with Gasteiger partial charge in [-0.25, -0.2) is 0 Å².